The number of rotatable bonds is 5. The van der Waals surface area contributed by atoms with Crippen LogP contribution < -0.4 is 5.32 Å². The van der Waals surface area contributed by atoms with Crippen LogP contribution >= 0.6 is 11.3 Å². The monoisotopic (exact) mass is 350 g/mol. The summed E-state index contributed by atoms with van der Waals surface area (Å²) < 4.78 is 15.5. The minimum atomic E-state index is -0.856. The molecule has 1 unspecified atom stereocenters. The molecule has 0 aliphatic carbocycles. The van der Waals surface area contributed by atoms with Crippen LogP contribution in [0.1, 0.15) is 46.1 Å². The summed E-state index contributed by atoms with van der Waals surface area (Å²) in [5.74, 6) is -0.303. The van der Waals surface area contributed by atoms with Gasteiger partial charge in [0.05, 0.1) is 7.11 Å². The number of nitrogens with zero attached hydrogens (tertiary/aromatic N) is 1. The largest absolute Gasteiger partial charge is 0.467 e. The van der Waals surface area contributed by atoms with Gasteiger partial charge in [-0.1, -0.05) is 6.07 Å². The van der Waals surface area contributed by atoms with Crippen molar-refractivity contribution < 1.29 is 23.5 Å². The fraction of sp³-hybridized carbons (Fsp3) is 0.438. The third kappa shape index (κ3) is 3.65. The van der Waals surface area contributed by atoms with Gasteiger partial charge in [0.1, 0.15) is 6.26 Å². The topological polar surface area (TPSA) is 90.7 Å². The Labute approximate surface area is 143 Å². The highest BCUT2D eigenvalue weighted by molar-refractivity contribution is 7.10. The van der Waals surface area contributed by atoms with E-state index in [0.717, 1.165) is 12.8 Å². The highest BCUT2D eigenvalue weighted by atomic mass is 32.1. The summed E-state index contributed by atoms with van der Waals surface area (Å²) in [6.45, 7) is 1.33. The maximum Gasteiger partial charge on any atom is 0.333 e. The fourth-order valence-electron chi connectivity index (χ4n) is 2.55. The number of methoxy groups -OCH3 is 1. The predicted octanol–water partition coefficient (Wildman–Crippen LogP) is 2.27. The smallest absolute Gasteiger partial charge is 0.333 e. The first-order valence-electron chi connectivity index (χ1n) is 7.64. The van der Waals surface area contributed by atoms with Crippen molar-refractivity contribution in [1.82, 2.24) is 10.3 Å². The molecule has 3 rings (SSSR count). The number of aromatic nitrogens is 1. The van der Waals surface area contributed by atoms with Crippen LogP contribution in [-0.4, -0.2) is 37.2 Å². The van der Waals surface area contributed by atoms with Gasteiger partial charge in [-0.25, -0.2) is 9.78 Å². The maximum absolute atomic E-state index is 12.4. The molecule has 1 amide bonds. The van der Waals surface area contributed by atoms with Crippen molar-refractivity contribution in [3.63, 3.8) is 0 Å². The molecule has 2 aromatic heterocycles. The van der Waals surface area contributed by atoms with E-state index >= 15 is 0 Å². The van der Waals surface area contributed by atoms with Crippen LogP contribution in [0.5, 0.6) is 0 Å². The van der Waals surface area contributed by atoms with E-state index in [0.29, 0.717) is 24.0 Å². The number of thiophene rings is 1. The van der Waals surface area contributed by atoms with Crippen molar-refractivity contribution in [2.75, 3.05) is 20.3 Å². The first-order chi connectivity index (χ1) is 11.7. The summed E-state index contributed by atoms with van der Waals surface area (Å²) >= 11 is 1.37. The number of esters is 1. The van der Waals surface area contributed by atoms with Crippen LogP contribution in [0.2, 0.25) is 0 Å². The van der Waals surface area contributed by atoms with Crippen LogP contribution in [0.3, 0.4) is 0 Å². The molecule has 24 heavy (non-hydrogen) atoms. The average molecular weight is 350 g/mol. The van der Waals surface area contributed by atoms with E-state index in [1.54, 1.807) is 12.1 Å². The number of hydrogen-bond donors (Lipinski definition) is 1. The minimum Gasteiger partial charge on any atom is -0.467 e. The van der Waals surface area contributed by atoms with Crippen molar-refractivity contribution in [3.8, 4) is 0 Å². The van der Waals surface area contributed by atoms with Crippen molar-refractivity contribution in [3.05, 3.63) is 40.2 Å². The van der Waals surface area contributed by atoms with Gasteiger partial charge < -0.3 is 19.2 Å². The van der Waals surface area contributed by atoms with Gasteiger partial charge in [0.2, 0.25) is 0 Å². The molecule has 1 N–H and O–H groups in total. The molecular formula is C16H18N2O5S. The van der Waals surface area contributed by atoms with Gasteiger partial charge in [0.25, 0.3) is 5.91 Å². The van der Waals surface area contributed by atoms with E-state index < -0.39 is 17.9 Å². The quantitative estimate of drug-likeness (QED) is 0.832. The highest BCUT2D eigenvalue weighted by Crippen LogP contribution is 2.26. The lowest BCUT2D eigenvalue weighted by Gasteiger charge is -2.18. The summed E-state index contributed by atoms with van der Waals surface area (Å²) in [6, 6.07) is 2.72. The number of hydrogen-bond acceptors (Lipinski definition) is 7. The van der Waals surface area contributed by atoms with E-state index in [-0.39, 0.29) is 11.6 Å². The van der Waals surface area contributed by atoms with Gasteiger partial charge in [0, 0.05) is 24.0 Å². The molecule has 3 heterocycles. The van der Waals surface area contributed by atoms with E-state index in [1.807, 2.05) is 5.38 Å². The molecule has 0 bridgehead atoms. The van der Waals surface area contributed by atoms with E-state index in [2.05, 4.69) is 10.3 Å². The van der Waals surface area contributed by atoms with Gasteiger partial charge >= 0.3 is 5.97 Å². The van der Waals surface area contributed by atoms with E-state index in [9.17, 15) is 9.59 Å². The third-order valence-corrected chi connectivity index (χ3v) is 4.80. The molecule has 7 nitrogen and oxygen atoms in total. The second-order valence-electron chi connectivity index (χ2n) is 5.40. The first-order valence-corrected chi connectivity index (χ1v) is 8.52. The molecule has 0 radical (unpaired) electrons. The number of ether oxygens (including phenoxy) is 2. The van der Waals surface area contributed by atoms with E-state index in [1.165, 1.54) is 24.7 Å². The molecule has 1 saturated heterocycles. The zero-order valence-corrected chi connectivity index (χ0v) is 14.0. The molecule has 128 valence electrons. The Hall–Kier alpha value is -2.19. The van der Waals surface area contributed by atoms with Crippen LogP contribution in [0.15, 0.2) is 28.2 Å². The van der Waals surface area contributed by atoms with Crippen molar-refractivity contribution in [2.24, 2.45) is 0 Å². The molecule has 1 aliphatic heterocycles. The molecule has 0 aromatic carbocycles. The predicted molar refractivity (Wildman–Crippen MR) is 85.8 cm³/mol. The minimum absolute atomic E-state index is 0.155. The molecule has 0 saturated carbocycles. The van der Waals surface area contributed by atoms with E-state index in [4.69, 9.17) is 13.9 Å². The third-order valence-electron chi connectivity index (χ3n) is 3.87. The Morgan fingerprint density at radius 1 is 1.42 bits per heavy atom. The van der Waals surface area contributed by atoms with Crippen LogP contribution in [0.25, 0.3) is 0 Å². The SMILES string of the molecule is COC(=O)C(NC(=O)c1coc(C2CCOCC2)n1)c1cccs1. The Morgan fingerprint density at radius 3 is 2.88 bits per heavy atom. The summed E-state index contributed by atoms with van der Waals surface area (Å²) in [6.07, 6.45) is 2.96. The van der Waals surface area contributed by atoms with Gasteiger partial charge in [-0.15, -0.1) is 11.3 Å². The Morgan fingerprint density at radius 2 is 2.21 bits per heavy atom. The Balaban J connectivity index is 1.71. The van der Waals surface area contributed by atoms with Gasteiger partial charge in [-0.2, -0.15) is 0 Å². The molecule has 1 atom stereocenters. The van der Waals surface area contributed by atoms with Crippen molar-refractivity contribution in [1.29, 1.82) is 0 Å². The maximum atomic E-state index is 12.4. The molecule has 8 heteroatoms. The summed E-state index contributed by atoms with van der Waals surface area (Å²) in [7, 11) is 1.29. The lowest BCUT2D eigenvalue weighted by molar-refractivity contribution is -0.143. The fourth-order valence-corrected chi connectivity index (χ4v) is 3.31. The number of nitrogens with one attached hydrogen (secondary N) is 1. The zero-order valence-electron chi connectivity index (χ0n) is 13.2. The second-order valence-corrected chi connectivity index (χ2v) is 6.38. The van der Waals surface area contributed by atoms with Gasteiger partial charge in [-0.05, 0) is 24.3 Å². The second kappa shape index (κ2) is 7.59. The Bertz CT molecular complexity index is 691. The lowest BCUT2D eigenvalue weighted by atomic mass is 10.0. The Kier molecular flexibility index (Phi) is 5.27. The molecule has 1 aliphatic rings. The molecular weight excluding hydrogens is 332 g/mol. The normalized spacial score (nSPS) is 16.5. The average Bonchev–Trinajstić information content (AvgIpc) is 3.31. The lowest BCUT2D eigenvalue weighted by Crippen LogP contribution is -2.34. The molecule has 2 aromatic rings. The number of amides is 1. The van der Waals surface area contributed by atoms with Crippen LogP contribution in [-0.2, 0) is 14.3 Å². The molecule has 1 fully saturated rings. The van der Waals surface area contributed by atoms with Crippen molar-refractivity contribution in [2.45, 2.75) is 24.8 Å². The van der Waals surface area contributed by atoms with Crippen molar-refractivity contribution >= 4 is 23.2 Å². The number of oxazole rings is 1. The summed E-state index contributed by atoms with van der Waals surface area (Å²) in [5, 5.41) is 4.48. The zero-order chi connectivity index (χ0) is 16.9. The van der Waals surface area contributed by atoms with Crippen LogP contribution in [0, 0.1) is 0 Å². The van der Waals surface area contributed by atoms with Gasteiger partial charge in [0.15, 0.2) is 17.6 Å². The highest BCUT2D eigenvalue weighted by Gasteiger charge is 2.27. The number of carbonyl (C=O) groups is 2. The number of carbonyl (C=O) groups excluding carboxylic acids is 2. The molecule has 0 spiro atoms. The van der Waals surface area contributed by atoms with Gasteiger partial charge in [-0.3, -0.25) is 4.79 Å². The summed E-state index contributed by atoms with van der Waals surface area (Å²) in [5.41, 5.74) is 0.155. The van der Waals surface area contributed by atoms with Crippen LogP contribution in [0.4, 0.5) is 0 Å². The summed E-state index contributed by atoms with van der Waals surface area (Å²) in [4.78, 5) is 29.3. The first kappa shape index (κ1) is 16.7. The standard InChI is InChI=1S/C16H18N2O5S/c1-21-16(20)13(12-3-2-8-24-12)18-14(19)11-9-23-15(17-11)10-4-6-22-7-5-10/h2-3,8-10,13H,4-7H2,1H3,(H,18,19).